The van der Waals surface area contributed by atoms with Crippen LogP contribution < -0.4 is 0 Å². The SMILES string of the molecule is Brc1ccc(-c2nc3ccccc3c3ccc4ccc(-c5ccc6ccccc6c5)nc4c23)cc1. The first-order chi connectivity index (χ1) is 17.2. The molecular weight excluding hydrogens is 492 g/mol. The molecule has 2 heterocycles. The van der Waals surface area contributed by atoms with Crippen LogP contribution >= 0.6 is 15.9 Å². The molecule has 0 saturated carbocycles. The summed E-state index contributed by atoms with van der Waals surface area (Å²) in [5, 5.41) is 6.96. The van der Waals surface area contributed by atoms with E-state index >= 15 is 0 Å². The number of fused-ring (bicyclic) bond motifs is 6. The molecule has 0 N–H and O–H groups in total. The van der Waals surface area contributed by atoms with Gasteiger partial charge >= 0.3 is 0 Å². The summed E-state index contributed by atoms with van der Waals surface area (Å²) in [6, 6.07) is 40.4. The molecular formula is C32H19BrN2. The molecule has 0 amide bonds. The topological polar surface area (TPSA) is 25.8 Å². The molecule has 2 aromatic heterocycles. The zero-order valence-corrected chi connectivity index (χ0v) is 20.3. The van der Waals surface area contributed by atoms with Gasteiger partial charge in [0, 0.05) is 31.8 Å². The van der Waals surface area contributed by atoms with Crippen molar-refractivity contribution in [2.24, 2.45) is 0 Å². The third kappa shape index (κ3) is 3.39. The quantitative estimate of drug-likeness (QED) is 0.216. The summed E-state index contributed by atoms with van der Waals surface area (Å²) in [4.78, 5) is 10.4. The number of pyridine rings is 2. The fourth-order valence-electron chi connectivity index (χ4n) is 4.95. The molecule has 0 atom stereocenters. The zero-order valence-electron chi connectivity index (χ0n) is 18.7. The Bertz CT molecular complexity index is 1910. The summed E-state index contributed by atoms with van der Waals surface area (Å²) >= 11 is 3.57. The van der Waals surface area contributed by atoms with Gasteiger partial charge in [-0.15, -0.1) is 0 Å². The zero-order chi connectivity index (χ0) is 23.4. The van der Waals surface area contributed by atoms with Crippen LogP contribution in [0.1, 0.15) is 0 Å². The van der Waals surface area contributed by atoms with E-state index in [9.17, 15) is 0 Å². The number of rotatable bonds is 2. The highest BCUT2D eigenvalue weighted by Crippen LogP contribution is 2.37. The Morgan fingerprint density at radius 3 is 2.11 bits per heavy atom. The van der Waals surface area contributed by atoms with Crippen LogP contribution in [0.2, 0.25) is 0 Å². The highest BCUT2D eigenvalue weighted by Gasteiger charge is 2.15. The summed E-state index contributed by atoms with van der Waals surface area (Å²) in [5.41, 5.74) is 6.08. The molecule has 0 bridgehead atoms. The number of hydrogen-bond donors (Lipinski definition) is 0. The molecule has 0 aliphatic rings. The normalized spacial score (nSPS) is 11.6. The van der Waals surface area contributed by atoms with Crippen molar-refractivity contribution in [3.8, 4) is 22.5 Å². The standard InChI is InChI=1S/C32H19BrN2/c33-25-15-11-21(12-16-25)32-30-27(26-7-3-4-8-29(26)35-32)17-13-22-14-18-28(34-31(22)30)24-10-9-20-5-1-2-6-23(20)19-24/h1-19H. The van der Waals surface area contributed by atoms with Crippen LogP contribution in [0.5, 0.6) is 0 Å². The van der Waals surface area contributed by atoms with Crippen LogP contribution in [-0.4, -0.2) is 9.97 Å². The highest BCUT2D eigenvalue weighted by atomic mass is 79.9. The van der Waals surface area contributed by atoms with Crippen LogP contribution in [0, 0.1) is 0 Å². The predicted octanol–water partition coefficient (Wildman–Crippen LogP) is 9.19. The number of halogens is 1. The lowest BCUT2D eigenvalue weighted by Gasteiger charge is -2.13. The van der Waals surface area contributed by atoms with Crippen LogP contribution in [0.15, 0.2) is 120 Å². The fraction of sp³-hybridized carbons (Fsp3) is 0. The minimum Gasteiger partial charge on any atom is -0.247 e. The summed E-state index contributed by atoms with van der Waals surface area (Å²) in [6.07, 6.45) is 0. The van der Waals surface area contributed by atoms with Gasteiger partial charge in [-0.3, -0.25) is 0 Å². The molecule has 3 heteroatoms. The van der Waals surface area contributed by atoms with Crippen molar-refractivity contribution in [3.05, 3.63) is 120 Å². The Morgan fingerprint density at radius 2 is 1.23 bits per heavy atom. The molecule has 5 aromatic carbocycles. The molecule has 0 fully saturated rings. The van der Waals surface area contributed by atoms with Gasteiger partial charge in [-0.05, 0) is 46.5 Å². The maximum atomic E-state index is 5.24. The van der Waals surface area contributed by atoms with Crippen LogP contribution in [0.3, 0.4) is 0 Å². The van der Waals surface area contributed by atoms with E-state index in [2.05, 4.69) is 125 Å². The Morgan fingerprint density at radius 1 is 0.514 bits per heavy atom. The van der Waals surface area contributed by atoms with Crippen LogP contribution in [0.4, 0.5) is 0 Å². The van der Waals surface area contributed by atoms with Crippen molar-refractivity contribution in [3.63, 3.8) is 0 Å². The van der Waals surface area contributed by atoms with E-state index in [4.69, 9.17) is 9.97 Å². The van der Waals surface area contributed by atoms with E-state index in [1.807, 2.05) is 6.07 Å². The van der Waals surface area contributed by atoms with E-state index < -0.39 is 0 Å². The second-order valence-electron chi connectivity index (χ2n) is 8.80. The summed E-state index contributed by atoms with van der Waals surface area (Å²) < 4.78 is 1.05. The molecule has 2 nitrogen and oxygen atoms in total. The molecule has 0 aliphatic carbocycles. The van der Waals surface area contributed by atoms with Crippen LogP contribution in [-0.2, 0) is 0 Å². The van der Waals surface area contributed by atoms with Gasteiger partial charge in [-0.25, -0.2) is 9.97 Å². The smallest absolute Gasteiger partial charge is 0.0810 e. The monoisotopic (exact) mass is 510 g/mol. The number of aromatic nitrogens is 2. The number of hydrogen-bond acceptors (Lipinski definition) is 2. The highest BCUT2D eigenvalue weighted by molar-refractivity contribution is 9.10. The molecule has 0 aliphatic heterocycles. The van der Waals surface area contributed by atoms with Crippen molar-refractivity contribution >= 4 is 59.3 Å². The first-order valence-corrected chi connectivity index (χ1v) is 12.4. The summed E-state index contributed by atoms with van der Waals surface area (Å²) in [5.74, 6) is 0. The minimum absolute atomic E-state index is 0.958. The number of nitrogens with zero attached hydrogens (tertiary/aromatic N) is 2. The second kappa shape index (κ2) is 8.00. The van der Waals surface area contributed by atoms with Crippen molar-refractivity contribution in [1.82, 2.24) is 9.97 Å². The summed E-state index contributed by atoms with van der Waals surface area (Å²) in [6.45, 7) is 0. The lowest BCUT2D eigenvalue weighted by Crippen LogP contribution is -1.93. The first-order valence-electron chi connectivity index (χ1n) is 11.6. The molecule has 7 aromatic rings. The largest absolute Gasteiger partial charge is 0.247 e. The second-order valence-corrected chi connectivity index (χ2v) is 9.72. The maximum Gasteiger partial charge on any atom is 0.0810 e. The lowest BCUT2D eigenvalue weighted by atomic mass is 9.97. The minimum atomic E-state index is 0.958. The number of para-hydroxylation sites is 1. The molecule has 35 heavy (non-hydrogen) atoms. The molecule has 0 radical (unpaired) electrons. The van der Waals surface area contributed by atoms with Crippen LogP contribution in [0.25, 0.3) is 65.9 Å². The number of benzene rings is 5. The molecule has 7 rings (SSSR count). The lowest BCUT2D eigenvalue weighted by molar-refractivity contribution is 1.39. The summed E-state index contributed by atoms with van der Waals surface area (Å²) in [7, 11) is 0. The maximum absolute atomic E-state index is 5.24. The average molecular weight is 511 g/mol. The van der Waals surface area contributed by atoms with E-state index in [-0.39, 0.29) is 0 Å². The first kappa shape index (κ1) is 20.3. The van der Waals surface area contributed by atoms with Gasteiger partial charge in [-0.2, -0.15) is 0 Å². The molecule has 0 unspecified atom stereocenters. The van der Waals surface area contributed by atoms with Crippen molar-refractivity contribution in [2.75, 3.05) is 0 Å². The predicted molar refractivity (Wildman–Crippen MR) is 151 cm³/mol. The average Bonchev–Trinajstić information content (AvgIpc) is 2.92. The molecule has 0 saturated heterocycles. The Kier molecular flexibility index (Phi) is 4.64. The molecule has 164 valence electrons. The fourth-order valence-corrected chi connectivity index (χ4v) is 5.22. The van der Waals surface area contributed by atoms with Gasteiger partial charge in [0.1, 0.15) is 0 Å². The van der Waals surface area contributed by atoms with E-state index in [1.165, 1.54) is 16.2 Å². The van der Waals surface area contributed by atoms with Gasteiger partial charge in [-0.1, -0.05) is 101 Å². The van der Waals surface area contributed by atoms with E-state index in [0.717, 1.165) is 54.2 Å². The van der Waals surface area contributed by atoms with E-state index in [0.29, 0.717) is 0 Å². The van der Waals surface area contributed by atoms with Gasteiger partial charge < -0.3 is 0 Å². The van der Waals surface area contributed by atoms with Gasteiger partial charge in [0.2, 0.25) is 0 Å². The Hall–Kier alpha value is -4.08. The van der Waals surface area contributed by atoms with E-state index in [1.54, 1.807) is 0 Å². The van der Waals surface area contributed by atoms with Crippen molar-refractivity contribution in [1.29, 1.82) is 0 Å². The van der Waals surface area contributed by atoms with Crippen molar-refractivity contribution < 1.29 is 0 Å². The Labute approximate surface area is 211 Å². The third-order valence-electron chi connectivity index (χ3n) is 6.69. The molecule has 0 spiro atoms. The van der Waals surface area contributed by atoms with Gasteiger partial charge in [0.15, 0.2) is 0 Å². The van der Waals surface area contributed by atoms with Gasteiger partial charge in [0.25, 0.3) is 0 Å². The Balaban J connectivity index is 1.57. The van der Waals surface area contributed by atoms with Gasteiger partial charge in [0.05, 0.1) is 22.4 Å². The third-order valence-corrected chi connectivity index (χ3v) is 7.22. The van der Waals surface area contributed by atoms with Crippen molar-refractivity contribution in [2.45, 2.75) is 0 Å².